The number of carbonyl (C=O) groups is 1. The first-order valence-electron chi connectivity index (χ1n) is 5.39. The van der Waals surface area contributed by atoms with E-state index in [1.54, 1.807) is 0 Å². The van der Waals surface area contributed by atoms with Gasteiger partial charge in [0.25, 0.3) is 11.1 Å². The van der Waals surface area contributed by atoms with E-state index >= 15 is 0 Å². The molecule has 1 unspecified atom stereocenters. The van der Waals surface area contributed by atoms with Crippen molar-refractivity contribution in [3.63, 3.8) is 0 Å². The molecule has 0 saturated carbocycles. The maximum absolute atomic E-state index is 11.4. The molecule has 17 heavy (non-hydrogen) atoms. The Bertz CT molecular complexity index is 468. The maximum atomic E-state index is 11.4. The van der Waals surface area contributed by atoms with Crippen LogP contribution in [0, 0.1) is 0 Å². The zero-order chi connectivity index (χ0) is 12.3. The molecule has 0 bridgehead atoms. The zero-order valence-electron chi connectivity index (χ0n) is 9.47. The fourth-order valence-electron chi connectivity index (χ4n) is 1.71. The smallest absolute Gasteiger partial charge is 0.268 e. The normalized spacial score (nSPS) is 20.1. The van der Waals surface area contributed by atoms with Gasteiger partial charge in [-0.3, -0.25) is 10.1 Å². The van der Waals surface area contributed by atoms with E-state index in [1.807, 2.05) is 43.3 Å². The van der Waals surface area contributed by atoms with Gasteiger partial charge in [-0.1, -0.05) is 42.0 Å². The summed E-state index contributed by atoms with van der Waals surface area (Å²) in [5.74, 6) is -0.157. The highest BCUT2D eigenvalue weighted by Crippen LogP contribution is 2.15. The van der Waals surface area contributed by atoms with Crippen LogP contribution in [0.2, 0.25) is 0 Å². The van der Waals surface area contributed by atoms with Crippen molar-refractivity contribution < 1.29 is 9.53 Å². The lowest BCUT2D eigenvalue weighted by Crippen LogP contribution is -2.24. The number of hydrogen-bond donors (Lipinski definition) is 1. The van der Waals surface area contributed by atoms with Gasteiger partial charge in [-0.15, -0.1) is 0 Å². The molecule has 88 valence electrons. The van der Waals surface area contributed by atoms with Gasteiger partial charge in [0.15, 0.2) is 6.10 Å². The Labute approximate surface area is 105 Å². The SMILES string of the molecule is C/C(=C\c1ccccc1)CC1OC(=S)NC1=O. The number of ether oxygens (including phenoxy) is 1. The molecule has 1 aromatic rings. The van der Waals surface area contributed by atoms with E-state index in [1.165, 1.54) is 0 Å². The molecular weight excluding hydrogens is 234 g/mol. The largest absolute Gasteiger partial charge is 0.457 e. The van der Waals surface area contributed by atoms with Crippen molar-refractivity contribution in [2.24, 2.45) is 0 Å². The van der Waals surface area contributed by atoms with Gasteiger partial charge in [0.2, 0.25) is 0 Å². The molecule has 1 aliphatic heterocycles. The minimum atomic E-state index is -0.484. The van der Waals surface area contributed by atoms with Gasteiger partial charge in [-0.2, -0.15) is 0 Å². The van der Waals surface area contributed by atoms with Crippen LogP contribution in [0.5, 0.6) is 0 Å². The average Bonchev–Trinajstić information content (AvgIpc) is 2.58. The van der Waals surface area contributed by atoms with Crippen molar-refractivity contribution in [2.45, 2.75) is 19.4 Å². The molecule has 1 atom stereocenters. The molecule has 1 aliphatic rings. The molecule has 1 aromatic carbocycles. The molecule has 0 aromatic heterocycles. The van der Waals surface area contributed by atoms with Gasteiger partial charge in [0.05, 0.1) is 0 Å². The Hall–Kier alpha value is -1.68. The Kier molecular flexibility index (Phi) is 3.54. The van der Waals surface area contributed by atoms with E-state index in [-0.39, 0.29) is 11.1 Å². The Morgan fingerprint density at radius 2 is 2.18 bits per heavy atom. The van der Waals surface area contributed by atoms with Crippen LogP contribution in [0.1, 0.15) is 18.9 Å². The topological polar surface area (TPSA) is 38.3 Å². The standard InChI is InChI=1S/C13H13NO2S/c1-9(7-10-5-3-2-4-6-10)8-11-12(15)14-13(17)16-11/h2-7,11H,8H2,1H3,(H,14,15,17)/b9-7+. The lowest BCUT2D eigenvalue weighted by atomic mass is 10.1. The molecule has 1 amide bonds. The lowest BCUT2D eigenvalue weighted by Gasteiger charge is -2.07. The second kappa shape index (κ2) is 5.10. The minimum Gasteiger partial charge on any atom is -0.457 e. The summed E-state index contributed by atoms with van der Waals surface area (Å²) in [5, 5.41) is 2.65. The Morgan fingerprint density at radius 3 is 2.76 bits per heavy atom. The first-order chi connectivity index (χ1) is 8.15. The molecule has 1 heterocycles. The molecular formula is C13H13NO2S. The van der Waals surface area contributed by atoms with Crippen LogP contribution in [0.3, 0.4) is 0 Å². The molecule has 2 rings (SSSR count). The summed E-state index contributed by atoms with van der Waals surface area (Å²) in [7, 11) is 0. The van der Waals surface area contributed by atoms with Crippen molar-refractivity contribution in [3.8, 4) is 0 Å². The molecule has 1 saturated heterocycles. The van der Waals surface area contributed by atoms with Gasteiger partial charge in [0, 0.05) is 6.42 Å². The van der Waals surface area contributed by atoms with E-state index in [0.717, 1.165) is 11.1 Å². The summed E-state index contributed by atoms with van der Waals surface area (Å²) >= 11 is 4.78. The number of nitrogens with one attached hydrogen (secondary N) is 1. The number of hydrogen-bond acceptors (Lipinski definition) is 3. The van der Waals surface area contributed by atoms with Gasteiger partial charge < -0.3 is 4.74 Å². The number of carbonyl (C=O) groups excluding carboxylic acids is 1. The maximum Gasteiger partial charge on any atom is 0.268 e. The van der Waals surface area contributed by atoms with Gasteiger partial charge >= 0.3 is 0 Å². The number of rotatable bonds is 3. The third-order valence-corrected chi connectivity index (χ3v) is 2.69. The first-order valence-corrected chi connectivity index (χ1v) is 5.79. The van der Waals surface area contributed by atoms with Crippen LogP contribution in [0.25, 0.3) is 6.08 Å². The van der Waals surface area contributed by atoms with Crippen LogP contribution in [-0.4, -0.2) is 17.2 Å². The zero-order valence-corrected chi connectivity index (χ0v) is 10.3. The summed E-state index contributed by atoms with van der Waals surface area (Å²) in [4.78, 5) is 11.4. The van der Waals surface area contributed by atoms with Crippen molar-refractivity contribution in [3.05, 3.63) is 41.5 Å². The molecule has 1 N–H and O–H groups in total. The monoisotopic (exact) mass is 247 g/mol. The van der Waals surface area contributed by atoms with Crippen LogP contribution in [-0.2, 0) is 9.53 Å². The van der Waals surface area contributed by atoms with E-state index in [9.17, 15) is 4.79 Å². The second-order valence-corrected chi connectivity index (χ2v) is 4.36. The fourth-order valence-corrected chi connectivity index (χ4v) is 1.93. The highest BCUT2D eigenvalue weighted by molar-refractivity contribution is 7.80. The van der Waals surface area contributed by atoms with Crippen LogP contribution in [0.15, 0.2) is 35.9 Å². The summed E-state index contributed by atoms with van der Waals surface area (Å²) in [5.41, 5.74) is 2.20. The van der Waals surface area contributed by atoms with E-state index in [0.29, 0.717) is 6.42 Å². The van der Waals surface area contributed by atoms with Crippen LogP contribution in [0.4, 0.5) is 0 Å². The molecule has 0 spiro atoms. The summed E-state index contributed by atoms with van der Waals surface area (Å²) in [6.45, 7) is 1.98. The third kappa shape index (κ3) is 3.14. The molecule has 0 radical (unpaired) electrons. The second-order valence-electron chi connectivity index (χ2n) is 3.99. The Morgan fingerprint density at radius 1 is 1.47 bits per heavy atom. The molecule has 3 nitrogen and oxygen atoms in total. The predicted molar refractivity (Wildman–Crippen MR) is 70.3 cm³/mol. The van der Waals surface area contributed by atoms with Gasteiger partial charge in [0.1, 0.15) is 0 Å². The number of amides is 1. The summed E-state index contributed by atoms with van der Waals surface area (Å²) < 4.78 is 5.21. The summed E-state index contributed by atoms with van der Waals surface area (Å²) in [6.07, 6.45) is 2.11. The van der Waals surface area contributed by atoms with E-state index in [4.69, 9.17) is 17.0 Å². The molecule has 1 fully saturated rings. The summed E-state index contributed by atoms with van der Waals surface area (Å²) in [6, 6.07) is 9.96. The quantitative estimate of drug-likeness (QED) is 0.833. The molecule has 0 aliphatic carbocycles. The highest BCUT2D eigenvalue weighted by atomic mass is 32.1. The van der Waals surface area contributed by atoms with E-state index in [2.05, 4.69) is 5.32 Å². The first kappa shape index (κ1) is 11.8. The van der Waals surface area contributed by atoms with Crippen LogP contribution >= 0.6 is 12.2 Å². The number of thiocarbonyl (C=S) groups is 1. The third-order valence-electron chi connectivity index (χ3n) is 2.49. The van der Waals surface area contributed by atoms with Crippen molar-refractivity contribution in [1.82, 2.24) is 5.32 Å². The highest BCUT2D eigenvalue weighted by Gasteiger charge is 2.29. The van der Waals surface area contributed by atoms with Gasteiger partial charge in [-0.25, -0.2) is 0 Å². The average molecular weight is 247 g/mol. The molecule has 4 heteroatoms. The van der Waals surface area contributed by atoms with Gasteiger partial charge in [-0.05, 0) is 24.7 Å². The number of benzene rings is 1. The van der Waals surface area contributed by atoms with Crippen molar-refractivity contribution >= 4 is 29.4 Å². The lowest BCUT2D eigenvalue weighted by molar-refractivity contribution is -0.123. The minimum absolute atomic E-state index is 0.157. The predicted octanol–water partition coefficient (Wildman–Crippen LogP) is 2.28. The van der Waals surface area contributed by atoms with Crippen molar-refractivity contribution in [1.29, 1.82) is 0 Å². The van der Waals surface area contributed by atoms with E-state index < -0.39 is 6.10 Å². The van der Waals surface area contributed by atoms with Crippen LogP contribution < -0.4 is 5.32 Å². The van der Waals surface area contributed by atoms with Crippen molar-refractivity contribution in [2.75, 3.05) is 0 Å². The fraction of sp³-hybridized carbons (Fsp3) is 0.231. The Balaban J connectivity index is 2.02.